The second-order valence-electron chi connectivity index (χ2n) is 7.08. The standard InChI is InChI=1S/C25H29NO3/c1-2-29-25(28)10-6-3-7-20(17-18-23-8-4-5-9-24(23)27)11-12-21-13-15-22(19-26)16-14-21/h4-5,8-9,13-18,20,27H,2-3,6-7,10-12H2,1H3. The summed E-state index contributed by atoms with van der Waals surface area (Å²) in [7, 11) is 0. The van der Waals surface area contributed by atoms with Crippen LogP contribution in [0.3, 0.4) is 0 Å². The van der Waals surface area contributed by atoms with Crippen molar-refractivity contribution in [3.8, 4) is 11.8 Å². The van der Waals surface area contributed by atoms with Crippen molar-refractivity contribution < 1.29 is 14.6 Å². The lowest BCUT2D eigenvalue weighted by molar-refractivity contribution is -0.143. The fourth-order valence-corrected chi connectivity index (χ4v) is 3.21. The topological polar surface area (TPSA) is 70.3 Å². The van der Waals surface area contributed by atoms with Crippen molar-refractivity contribution in [3.05, 3.63) is 71.3 Å². The van der Waals surface area contributed by atoms with E-state index in [1.54, 1.807) is 6.07 Å². The van der Waals surface area contributed by atoms with Gasteiger partial charge in [0.1, 0.15) is 5.75 Å². The number of benzene rings is 2. The second-order valence-corrected chi connectivity index (χ2v) is 7.08. The molecule has 0 saturated heterocycles. The molecule has 1 atom stereocenters. The molecule has 4 nitrogen and oxygen atoms in total. The number of unbranched alkanes of at least 4 members (excludes halogenated alkanes) is 1. The third kappa shape index (κ3) is 8.23. The van der Waals surface area contributed by atoms with E-state index in [-0.39, 0.29) is 11.7 Å². The summed E-state index contributed by atoms with van der Waals surface area (Å²) >= 11 is 0. The molecule has 152 valence electrons. The first kappa shape index (κ1) is 22.2. The largest absolute Gasteiger partial charge is 0.507 e. The Labute approximate surface area is 173 Å². The Hall–Kier alpha value is -3.06. The lowest BCUT2D eigenvalue weighted by atomic mass is 9.92. The van der Waals surface area contributed by atoms with Gasteiger partial charge in [0.05, 0.1) is 18.2 Å². The normalized spacial score (nSPS) is 11.9. The maximum absolute atomic E-state index is 11.5. The Morgan fingerprint density at radius 1 is 1.14 bits per heavy atom. The van der Waals surface area contributed by atoms with Crippen LogP contribution in [0, 0.1) is 17.2 Å². The van der Waals surface area contributed by atoms with Crippen molar-refractivity contribution in [1.82, 2.24) is 0 Å². The Bertz CT molecular complexity index is 834. The number of hydrogen-bond donors (Lipinski definition) is 1. The summed E-state index contributed by atoms with van der Waals surface area (Å²) < 4.78 is 4.99. The van der Waals surface area contributed by atoms with Crippen LogP contribution in [-0.4, -0.2) is 17.7 Å². The van der Waals surface area contributed by atoms with Crippen LogP contribution in [0.4, 0.5) is 0 Å². The lowest BCUT2D eigenvalue weighted by Crippen LogP contribution is -2.04. The van der Waals surface area contributed by atoms with Crippen molar-refractivity contribution in [2.45, 2.75) is 45.4 Å². The smallest absolute Gasteiger partial charge is 0.305 e. The van der Waals surface area contributed by atoms with Gasteiger partial charge in [-0.2, -0.15) is 5.26 Å². The zero-order valence-corrected chi connectivity index (χ0v) is 17.0. The first-order chi connectivity index (χ1) is 14.1. The van der Waals surface area contributed by atoms with Gasteiger partial charge in [-0.15, -0.1) is 0 Å². The summed E-state index contributed by atoms with van der Waals surface area (Å²) in [5.41, 5.74) is 2.68. The van der Waals surface area contributed by atoms with E-state index in [1.165, 1.54) is 5.56 Å². The third-order valence-corrected chi connectivity index (χ3v) is 4.88. The number of para-hydroxylation sites is 1. The van der Waals surface area contributed by atoms with Gasteiger partial charge in [0.15, 0.2) is 0 Å². The predicted molar refractivity (Wildman–Crippen MR) is 115 cm³/mol. The monoisotopic (exact) mass is 391 g/mol. The molecule has 2 rings (SSSR count). The molecule has 2 aromatic carbocycles. The Morgan fingerprint density at radius 2 is 1.90 bits per heavy atom. The number of phenolic OH excluding ortho intramolecular Hbond substituents is 1. The molecular formula is C25H29NO3. The fourth-order valence-electron chi connectivity index (χ4n) is 3.21. The van der Waals surface area contributed by atoms with Crippen LogP contribution >= 0.6 is 0 Å². The van der Waals surface area contributed by atoms with Crippen molar-refractivity contribution >= 4 is 12.0 Å². The summed E-state index contributed by atoms with van der Waals surface area (Å²) in [4.78, 5) is 11.5. The van der Waals surface area contributed by atoms with Crippen LogP contribution in [0.2, 0.25) is 0 Å². The third-order valence-electron chi connectivity index (χ3n) is 4.88. The highest BCUT2D eigenvalue weighted by Gasteiger charge is 2.08. The van der Waals surface area contributed by atoms with Crippen molar-refractivity contribution in [2.75, 3.05) is 6.61 Å². The number of carbonyl (C=O) groups excluding carboxylic acids is 1. The minimum Gasteiger partial charge on any atom is -0.507 e. The Kier molecular flexibility index (Phi) is 9.51. The first-order valence-electron chi connectivity index (χ1n) is 10.2. The molecule has 29 heavy (non-hydrogen) atoms. The van der Waals surface area contributed by atoms with Gasteiger partial charge < -0.3 is 9.84 Å². The maximum atomic E-state index is 11.5. The summed E-state index contributed by atoms with van der Waals surface area (Å²) in [6.07, 6.45) is 9.21. The van der Waals surface area contributed by atoms with Crippen LogP contribution in [-0.2, 0) is 16.0 Å². The molecule has 0 fully saturated rings. The second kappa shape index (κ2) is 12.4. The Morgan fingerprint density at radius 3 is 2.59 bits per heavy atom. The van der Waals surface area contributed by atoms with E-state index in [1.807, 2.05) is 55.5 Å². The number of aromatic hydroxyl groups is 1. The average Bonchev–Trinajstić information content (AvgIpc) is 2.74. The fraction of sp³-hybridized carbons (Fsp3) is 0.360. The number of rotatable bonds is 11. The molecule has 0 radical (unpaired) electrons. The van der Waals surface area contributed by atoms with Crippen LogP contribution in [0.25, 0.3) is 6.08 Å². The van der Waals surface area contributed by atoms with Crippen LogP contribution < -0.4 is 0 Å². The van der Waals surface area contributed by atoms with Crippen LogP contribution in [0.5, 0.6) is 5.75 Å². The molecule has 0 bridgehead atoms. The lowest BCUT2D eigenvalue weighted by Gasteiger charge is -2.13. The predicted octanol–water partition coefficient (Wildman–Crippen LogP) is 5.65. The van der Waals surface area contributed by atoms with Gasteiger partial charge in [-0.25, -0.2) is 0 Å². The SMILES string of the molecule is CCOC(=O)CCCCC(C=Cc1ccccc1O)CCc1ccc(C#N)cc1. The molecule has 2 aromatic rings. The molecule has 0 aliphatic heterocycles. The number of phenols is 1. The number of aryl methyl sites for hydroxylation is 1. The molecule has 0 aromatic heterocycles. The number of carbonyl (C=O) groups is 1. The van der Waals surface area contributed by atoms with E-state index in [0.29, 0.717) is 24.5 Å². The van der Waals surface area contributed by atoms with Gasteiger partial charge >= 0.3 is 5.97 Å². The van der Waals surface area contributed by atoms with Crippen LogP contribution in [0.15, 0.2) is 54.6 Å². The van der Waals surface area contributed by atoms with Crippen LogP contribution in [0.1, 0.15) is 55.7 Å². The zero-order chi connectivity index (χ0) is 20.9. The molecule has 0 aliphatic rings. The number of allylic oxidation sites excluding steroid dienone is 1. The number of esters is 1. The number of nitriles is 1. The Balaban J connectivity index is 1.94. The summed E-state index contributed by atoms with van der Waals surface area (Å²) in [5.74, 6) is 0.482. The number of ether oxygens (including phenoxy) is 1. The van der Waals surface area contributed by atoms with E-state index < -0.39 is 0 Å². The number of hydrogen-bond acceptors (Lipinski definition) is 4. The highest BCUT2D eigenvalue weighted by molar-refractivity contribution is 5.69. The molecule has 1 unspecified atom stereocenters. The molecule has 0 heterocycles. The molecule has 0 saturated carbocycles. The van der Waals surface area contributed by atoms with Gasteiger partial charge in [0.2, 0.25) is 0 Å². The highest BCUT2D eigenvalue weighted by atomic mass is 16.5. The van der Waals surface area contributed by atoms with Gasteiger partial charge in [-0.3, -0.25) is 4.79 Å². The molecule has 0 amide bonds. The summed E-state index contributed by atoms with van der Waals surface area (Å²) in [6, 6.07) is 17.1. The number of nitrogens with zero attached hydrogens (tertiary/aromatic N) is 1. The minimum atomic E-state index is -0.133. The van der Waals surface area contributed by atoms with Gasteiger partial charge in [0, 0.05) is 12.0 Å². The first-order valence-corrected chi connectivity index (χ1v) is 10.2. The highest BCUT2D eigenvalue weighted by Crippen LogP contribution is 2.23. The molecule has 0 spiro atoms. The van der Waals surface area contributed by atoms with E-state index in [9.17, 15) is 9.90 Å². The average molecular weight is 392 g/mol. The quantitative estimate of drug-likeness (QED) is 0.397. The summed E-state index contributed by atoms with van der Waals surface area (Å²) in [6.45, 7) is 2.25. The van der Waals surface area contributed by atoms with Crippen molar-refractivity contribution in [3.63, 3.8) is 0 Å². The molecule has 4 heteroatoms. The van der Waals surface area contributed by atoms with E-state index >= 15 is 0 Å². The van der Waals surface area contributed by atoms with Gasteiger partial charge in [-0.05, 0) is 62.3 Å². The van der Waals surface area contributed by atoms with E-state index in [4.69, 9.17) is 10.00 Å². The molecular weight excluding hydrogens is 362 g/mol. The minimum absolute atomic E-state index is 0.133. The van der Waals surface area contributed by atoms with Gasteiger partial charge in [0.25, 0.3) is 0 Å². The molecule has 0 aliphatic carbocycles. The van der Waals surface area contributed by atoms with E-state index in [0.717, 1.165) is 37.7 Å². The van der Waals surface area contributed by atoms with Gasteiger partial charge in [-0.1, -0.05) is 48.9 Å². The van der Waals surface area contributed by atoms with Crippen molar-refractivity contribution in [2.24, 2.45) is 5.92 Å². The zero-order valence-electron chi connectivity index (χ0n) is 17.0. The summed E-state index contributed by atoms with van der Waals surface area (Å²) in [5, 5.41) is 18.9. The van der Waals surface area contributed by atoms with E-state index in [2.05, 4.69) is 12.1 Å². The van der Waals surface area contributed by atoms with Crippen molar-refractivity contribution in [1.29, 1.82) is 5.26 Å². The maximum Gasteiger partial charge on any atom is 0.305 e. The molecule has 1 N–H and O–H groups in total.